The molecule has 102 valence electrons. The van der Waals surface area contributed by atoms with Crippen LogP contribution in [0.15, 0.2) is 30.3 Å². The fraction of sp³-hybridized carbons (Fsp3) is 0.538. The number of nitrogens with two attached hydrogens (primary N) is 1. The van der Waals surface area contributed by atoms with Gasteiger partial charge in [0, 0.05) is 6.54 Å². The van der Waals surface area contributed by atoms with Crippen LogP contribution in [0.1, 0.15) is 25.8 Å². The van der Waals surface area contributed by atoms with Gasteiger partial charge in [-0.3, -0.25) is 0 Å². The Kier molecular flexibility index (Phi) is 5.31. The Labute approximate surface area is 110 Å². The molecule has 3 N–H and O–H groups in total. The maximum atomic E-state index is 11.9. The molecule has 0 fully saturated rings. The molecule has 1 rings (SSSR count). The standard InChI is InChI=1S/C13H22N2O2S/c1-13(2,8-9-14)11-15-18(16,17)10-12-6-4-3-5-7-12/h3-7,15H,8-11,14H2,1-2H3. The highest BCUT2D eigenvalue weighted by atomic mass is 32.2. The van der Waals surface area contributed by atoms with E-state index in [1.807, 2.05) is 44.2 Å². The Morgan fingerprint density at radius 3 is 2.39 bits per heavy atom. The van der Waals surface area contributed by atoms with Crippen LogP contribution in [0, 0.1) is 5.41 Å². The van der Waals surface area contributed by atoms with Crippen LogP contribution in [0.4, 0.5) is 0 Å². The Bertz CT molecular complexity index is 455. The highest BCUT2D eigenvalue weighted by molar-refractivity contribution is 7.88. The average Bonchev–Trinajstić information content (AvgIpc) is 2.28. The van der Waals surface area contributed by atoms with Crippen molar-refractivity contribution in [1.29, 1.82) is 0 Å². The summed E-state index contributed by atoms with van der Waals surface area (Å²) in [6.45, 7) is 4.99. The van der Waals surface area contributed by atoms with Crippen molar-refractivity contribution >= 4 is 10.0 Å². The molecule has 1 aromatic rings. The van der Waals surface area contributed by atoms with Crippen molar-refractivity contribution in [3.63, 3.8) is 0 Å². The van der Waals surface area contributed by atoms with Crippen LogP contribution < -0.4 is 10.5 Å². The van der Waals surface area contributed by atoms with Gasteiger partial charge in [0.25, 0.3) is 0 Å². The van der Waals surface area contributed by atoms with E-state index in [2.05, 4.69) is 4.72 Å². The lowest BCUT2D eigenvalue weighted by atomic mass is 9.90. The summed E-state index contributed by atoms with van der Waals surface area (Å²) < 4.78 is 26.5. The van der Waals surface area contributed by atoms with Gasteiger partial charge in [0.05, 0.1) is 5.75 Å². The van der Waals surface area contributed by atoms with Gasteiger partial charge < -0.3 is 5.73 Å². The topological polar surface area (TPSA) is 72.2 Å². The normalized spacial score (nSPS) is 12.6. The van der Waals surface area contributed by atoms with Crippen molar-refractivity contribution in [2.24, 2.45) is 11.1 Å². The van der Waals surface area contributed by atoms with Gasteiger partial charge in [-0.15, -0.1) is 0 Å². The molecule has 0 aliphatic heterocycles. The molecule has 4 nitrogen and oxygen atoms in total. The molecule has 0 spiro atoms. The predicted molar refractivity (Wildman–Crippen MR) is 74.5 cm³/mol. The lowest BCUT2D eigenvalue weighted by molar-refractivity contribution is 0.340. The van der Waals surface area contributed by atoms with Gasteiger partial charge in [0.1, 0.15) is 0 Å². The van der Waals surface area contributed by atoms with Gasteiger partial charge in [-0.1, -0.05) is 44.2 Å². The number of sulfonamides is 1. The highest BCUT2D eigenvalue weighted by Gasteiger charge is 2.20. The van der Waals surface area contributed by atoms with Gasteiger partial charge >= 0.3 is 0 Å². The zero-order chi connectivity index (χ0) is 13.6. The van der Waals surface area contributed by atoms with E-state index >= 15 is 0 Å². The lowest BCUT2D eigenvalue weighted by Crippen LogP contribution is -2.35. The first-order chi connectivity index (χ1) is 8.35. The minimum Gasteiger partial charge on any atom is -0.330 e. The zero-order valence-electron chi connectivity index (χ0n) is 11.0. The van der Waals surface area contributed by atoms with Crippen LogP contribution in [0.3, 0.4) is 0 Å². The Balaban J connectivity index is 2.56. The molecule has 0 aliphatic carbocycles. The molecule has 0 unspecified atom stereocenters. The van der Waals surface area contributed by atoms with Crippen LogP contribution in [0.5, 0.6) is 0 Å². The molecule has 0 saturated heterocycles. The first kappa shape index (κ1) is 15.1. The lowest BCUT2D eigenvalue weighted by Gasteiger charge is -2.24. The SMILES string of the molecule is CC(C)(CCN)CNS(=O)(=O)Cc1ccccc1. The molecule has 0 aliphatic rings. The number of nitrogens with one attached hydrogen (secondary N) is 1. The van der Waals surface area contributed by atoms with E-state index in [0.29, 0.717) is 13.1 Å². The molecular weight excluding hydrogens is 248 g/mol. The molecule has 18 heavy (non-hydrogen) atoms. The minimum absolute atomic E-state index is 0.0204. The van der Waals surface area contributed by atoms with Crippen molar-refractivity contribution in [2.75, 3.05) is 13.1 Å². The summed E-state index contributed by atoms with van der Waals surface area (Å²) in [5.74, 6) is 0.0204. The average molecular weight is 270 g/mol. The molecule has 1 aromatic carbocycles. The summed E-state index contributed by atoms with van der Waals surface area (Å²) in [6, 6.07) is 9.16. The van der Waals surface area contributed by atoms with Gasteiger partial charge in [-0.05, 0) is 23.9 Å². The van der Waals surface area contributed by atoms with Crippen molar-refractivity contribution in [3.05, 3.63) is 35.9 Å². The second-order valence-corrected chi connectivity index (χ2v) is 7.08. The van der Waals surface area contributed by atoms with Crippen LogP contribution in [0.2, 0.25) is 0 Å². The quantitative estimate of drug-likeness (QED) is 0.788. The third-order valence-corrected chi connectivity index (χ3v) is 4.09. The zero-order valence-corrected chi connectivity index (χ0v) is 11.8. The van der Waals surface area contributed by atoms with E-state index in [4.69, 9.17) is 5.73 Å². The van der Waals surface area contributed by atoms with Gasteiger partial charge in [-0.2, -0.15) is 0 Å². The molecule has 0 bridgehead atoms. The summed E-state index contributed by atoms with van der Waals surface area (Å²) >= 11 is 0. The van der Waals surface area contributed by atoms with E-state index < -0.39 is 10.0 Å². The minimum atomic E-state index is -3.28. The van der Waals surface area contributed by atoms with E-state index in [9.17, 15) is 8.42 Å². The van der Waals surface area contributed by atoms with Crippen LogP contribution in [-0.2, 0) is 15.8 Å². The maximum Gasteiger partial charge on any atom is 0.215 e. The predicted octanol–water partition coefficient (Wildman–Crippen LogP) is 1.48. The number of benzene rings is 1. The van der Waals surface area contributed by atoms with Crippen LogP contribution >= 0.6 is 0 Å². The molecule has 0 amide bonds. The first-order valence-electron chi connectivity index (χ1n) is 6.06. The summed E-state index contributed by atoms with van der Waals surface area (Å²) in [5, 5.41) is 0. The molecule has 0 saturated carbocycles. The van der Waals surface area contributed by atoms with E-state index in [-0.39, 0.29) is 11.2 Å². The van der Waals surface area contributed by atoms with Crippen LogP contribution in [-0.4, -0.2) is 21.5 Å². The molecule has 0 radical (unpaired) electrons. The summed E-state index contributed by atoms with van der Waals surface area (Å²) in [5.41, 5.74) is 6.18. The summed E-state index contributed by atoms with van der Waals surface area (Å²) in [6.07, 6.45) is 0.793. The number of hydrogen-bond donors (Lipinski definition) is 2. The Morgan fingerprint density at radius 2 is 1.83 bits per heavy atom. The van der Waals surface area contributed by atoms with Crippen molar-refractivity contribution in [3.8, 4) is 0 Å². The van der Waals surface area contributed by atoms with Gasteiger partial charge in [-0.25, -0.2) is 13.1 Å². The van der Waals surface area contributed by atoms with Gasteiger partial charge in [0.2, 0.25) is 10.0 Å². The van der Waals surface area contributed by atoms with E-state index in [1.54, 1.807) is 0 Å². The fourth-order valence-corrected chi connectivity index (χ4v) is 2.97. The van der Waals surface area contributed by atoms with Crippen LogP contribution in [0.25, 0.3) is 0 Å². The Hall–Kier alpha value is -0.910. The van der Waals surface area contributed by atoms with Crippen molar-refractivity contribution < 1.29 is 8.42 Å². The summed E-state index contributed by atoms with van der Waals surface area (Å²) in [4.78, 5) is 0. The molecule has 5 heteroatoms. The molecule has 0 atom stereocenters. The number of hydrogen-bond acceptors (Lipinski definition) is 3. The number of rotatable bonds is 7. The Morgan fingerprint density at radius 1 is 1.22 bits per heavy atom. The second kappa shape index (κ2) is 6.31. The third-order valence-electron chi connectivity index (χ3n) is 2.79. The monoisotopic (exact) mass is 270 g/mol. The molecule has 0 heterocycles. The third kappa shape index (κ3) is 5.62. The second-order valence-electron chi connectivity index (χ2n) is 5.27. The fourth-order valence-electron chi connectivity index (χ4n) is 1.63. The van der Waals surface area contributed by atoms with Crippen molar-refractivity contribution in [1.82, 2.24) is 4.72 Å². The molecule has 0 aromatic heterocycles. The first-order valence-corrected chi connectivity index (χ1v) is 7.71. The van der Waals surface area contributed by atoms with Crippen molar-refractivity contribution in [2.45, 2.75) is 26.0 Å². The largest absolute Gasteiger partial charge is 0.330 e. The smallest absolute Gasteiger partial charge is 0.215 e. The highest BCUT2D eigenvalue weighted by Crippen LogP contribution is 2.18. The summed E-state index contributed by atoms with van der Waals surface area (Å²) in [7, 11) is -3.28. The maximum absolute atomic E-state index is 11.9. The molecular formula is C13H22N2O2S. The van der Waals surface area contributed by atoms with E-state index in [1.165, 1.54) is 0 Å². The van der Waals surface area contributed by atoms with E-state index in [0.717, 1.165) is 12.0 Å². The van der Waals surface area contributed by atoms with Gasteiger partial charge in [0.15, 0.2) is 0 Å².